The molecule has 1 saturated carbocycles. The molecule has 1 heterocycles. The van der Waals surface area contributed by atoms with Crippen LogP contribution in [0.1, 0.15) is 81.7 Å². The van der Waals surface area contributed by atoms with Gasteiger partial charge in [-0.3, -0.25) is 4.79 Å². The van der Waals surface area contributed by atoms with E-state index in [9.17, 15) is 4.79 Å². The molecule has 0 aromatic carbocycles. The molecule has 0 spiro atoms. The summed E-state index contributed by atoms with van der Waals surface area (Å²) in [5.41, 5.74) is 6.42. The number of amides is 1. The van der Waals surface area contributed by atoms with Crippen LogP contribution in [0.3, 0.4) is 0 Å². The number of aromatic nitrogens is 1. The molecule has 0 aliphatic heterocycles. The quantitative estimate of drug-likeness (QED) is 0.843. The van der Waals surface area contributed by atoms with E-state index in [0.29, 0.717) is 17.5 Å². The minimum absolute atomic E-state index is 0.163. The van der Waals surface area contributed by atoms with Crippen molar-refractivity contribution >= 4 is 5.91 Å². The Balaban J connectivity index is 1.93. The molecule has 0 bridgehead atoms. The van der Waals surface area contributed by atoms with Crippen LogP contribution in [0.15, 0.2) is 10.7 Å². The van der Waals surface area contributed by atoms with Crippen LogP contribution >= 0.6 is 0 Å². The molecular weight excluding hydrogens is 278 g/mol. The Labute approximate surface area is 133 Å². The lowest BCUT2D eigenvalue weighted by Gasteiger charge is -2.27. The van der Waals surface area contributed by atoms with E-state index in [1.165, 1.54) is 38.4 Å². The summed E-state index contributed by atoms with van der Waals surface area (Å²) in [7, 11) is 0. The number of hydrogen-bond donors (Lipinski definition) is 2. The summed E-state index contributed by atoms with van der Waals surface area (Å²) in [6, 6.07) is -0.0847. The van der Waals surface area contributed by atoms with Gasteiger partial charge in [0.25, 0.3) is 5.91 Å². The van der Waals surface area contributed by atoms with Gasteiger partial charge in [0.2, 0.25) is 5.89 Å². The zero-order chi connectivity index (χ0) is 16.1. The monoisotopic (exact) mass is 307 g/mol. The highest BCUT2D eigenvalue weighted by atomic mass is 16.3. The van der Waals surface area contributed by atoms with Crippen LogP contribution < -0.4 is 11.1 Å². The first-order valence-electron chi connectivity index (χ1n) is 8.54. The summed E-state index contributed by atoms with van der Waals surface area (Å²) in [5, 5.41) is 3.06. The lowest BCUT2D eigenvalue weighted by Crippen LogP contribution is -2.39. The second-order valence-electron chi connectivity index (χ2n) is 6.64. The van der Waals surface area contributed by atoms with Crippen LogP contribution in [0.25, 0.3) is 0 Å². The molecule has 1 fully saturated rings. The van der Waals surface area contributed by atoms with Gasteiger partial charge < -0.3 is 15.5 Å². The Morgan fingerprint density at radius 2 is 2.09 bits per heavy atom. The second kappa shape index (κ2) is 7.77. The van der Waals surface area contributed by atoms with E-state index < -0.39 is 0 Å². The maximum absolute atomic E-state index is 12.3. The standard InChI is InChI=1S/C17H29N3O2/c1-4-11(2)15(18)17-20-14(10-22-17)16(21)19-12(3)13-8-6-5-7-9-13/h10-13,15H,4-9,18H2,1-3H3,(H,19,21). The Bertz CT molecular complexity index is 480. The molecule has 3 unspecified atom stereocenters. The van der Waals surface area contributed by atoms with Gasteiger partial charge >= 0.3 is 0 Å². The van der Waals surface area contributed by atoms with Crippen LogP contribution in [0, 0.1) is 11.8 Å². The maximum atomic E-state index is 12.3. The molecule has 124 valence electrons. The number of hydrogen-bond acceptors (Lipinski definition) is 4. The van der Waals surface area contributed by atoms with Crippen LogP contribution in [0.2, 0.25) is 0 Å². The number of nitrogens with two attached hydrogens (primary N) is 1. The fraction of sp³-hybridized carbons (Fsp3) is 0.765. The predicted molar refractivity (Wildman–Crippen MR) is 86.4 cm³/mol. The number of oxazole rings is 1. The molecule has 0 radical (unpaired) electrons. The van der Waals surface area contributed by atoms with Crippen molar-refractivity contribution in [2.24, 2.45) is 17.6 Å². The third kappa shape index (κ3) is 4.09. The molecule has 1 amide bonds. The van der Waals surface area contributed by atoms with E-state index >= 15 is 0 Å². The SMILES string of the molecule is CCC(C)C(N)c1nc(C(=O)NC(C)C2CCCCC2)co1. The summed E-state index contributed by atoms with van der Waals surface area (Å²) in [6.45, 7) is 6.21. The van der Waals surface area contributed by atoms with Crippen LogP contribution in [0.5, 0.6) is 0 Å². The Morgan fingerprint density at radius 1 is 1.41 bits per heavy atom. The Kier molecular flexibility index (Phi) is 6.00. The first kappa shape index (κ1) is 17.0. The van der Waals surface area contributed by atoms with E-state index in [2.05, 4.69) is 31.1 Å². The van der Waals surface area contributed by atoms with E-state index in [-0.39, 0.29) is 23.9 Å². The maximum Gasteiger partial charge on any atom is 0.273 e. The smallest absolute Gasteiger partial charge is 0.273 e. The highest BCUT2D eigenvalue weighted by molar-refractivity contribution is 5.92. The topological polar surface area (TPSA) is 81.1 Å². The highest BCUT2D eigenvalue weighted by Crippen LogP contribution is 2.26. The van der Waals surface area contributed by atoms with E-state index in [1.807, 2.05) is 0 Å². The average Bonchev–Trinajstić information content (AvgIpc) is 3.04. The molecule has 0 saturated heterocycles. The average molecular weight is 307 g/mol. The molecule has 1 aliphatic carbocycles. The molecule has 5 heteroatoms. The van der Waals surface area contributed by atoms with Gasteiger partial charge in [0, 0.05) is 6.04 Å². The summed E-state index contributed by atoms with van der Waals surface area (Å²) in [5.74, 6) is 1.14. The highest BCUT2D eigenvalue weighted by Gasteiger charge is 2.24. The third-order valence-electron chi connectivity index (χ3n) is 5.01. The molecule has 22 heavy (non-hydrogen) atoms. The van der Waals surface area contributed by atoms with E-state index in [1.54, 1.807) is 0 Å². The second-order valence-corrected chi connectivity index (χ2v) is 6.64. The van der Waals surface area contributed by atoms with Crippen molar-refractivity contribution in [2.45, 2.75) is 71.4 Å². The van der Waals surface area contributed by atoms with Crippen LogP contribution in [0.4, 0.5) is 0 Å². The fourth-order valence-corrected chi connectivity index (χ4v) is 3.08. The first-order valence-corrected chi connectivity index (χ1v) is 8.54. The van der Waals surface area contributed by atoms with Crippen molar-refractivity contribution in [3.8, 4) is 0 Å². The molecule has 3 atom stereocenters. The Hall–Kier alpha value is -1.36. The van der Waals surface area contributed by atoms with Gasteiger partial charge in [0.05, 0.1) is 6.04 Å². The van der Waals surface area contributed by atoms with Gasteiger partial charge in [-0.2, -0.15) is 0 Å². The number of nitrogens with zero attached hydrogens (tertiary/aromatic N) is 1. The third-order valence-corrected chi connectivity index (χ3v) is 5.01. The summed E-state index contributed by atoms with van der Waals surface area (Å²) in [4.78, 5) is 16.6. The van der Waals surface area contributed by atoms with Crippen molar-refractivity contribution in [1.82, 2.24) is 10.3 Å². The van der Waals surface area contributed by atoms with Gasteiger partial charge in [0.15, 0.2) is 5.69 Å². The van der Waals surface area contributed by atoms with Crippen molar-refractivity contribution in [1.29, 1.82) is 0 Å². The van der Waals surface area contributed by atoms with Crippen molar-refractivity contribution in [3.05, 3.63) is 17.8 Å². The van der Waals surface area contributed by atoms with Gasteiger partial charge in [0.1, 0.15) is 6.26 Å². The van der Waals surface area contributed by atoms with Gasteiger partial charge in [-0.15, -0.1) is 0 Å². The number of rotatable bonds is 6. The molecule has 3 N–H and O–H groups in total. The van der Waals surface area contributed by atoms with Gasteiger partial charge in [-0.25, -0.2) is 4.98 Å². The zero-order valence-electron chi connectivity index (χ0n) is 14.0. The predicted octanol–water partition coefficient (Wildman–Crippen LogP) is 3.42. The molecule has 1 aromatic heterocycles. The van der Waals surface area contributed by atoms with E-state index in [0.717, 1.165) is 6.42 Å². The van der Waals surface area contributed by atoms with Gasteiger partial charge in [-0.05, 0) is 31.6 Å². The van der Waals surface area contributed by atoms with Crippen LogP contribution in [-0.4, -0.2) is 16.9 Å². The minimum atomic E-state index is -0.262. The summed E-state index contributed by atoms with van der Waals surface area (Å²) >= 11 is 0. The van der Waals surface area contributed by atoms with Crippen molar-refractivity contribution in [3.63, 3.8) is 0 Å². The van der Waals surface area contributed by atoms with Crippen molar-refractivity contribution < 1.29 is 9.21 Å². The molecule has 1 aliphatic rings. The molecule has 2 rings (SSSR count). The number of carbonyl (C=O) groups is 1. The number of carbonyl (C=O) groups excluding carboxylic acids is 1. The lowest BCUT2D eigenvalue weighted by atomic mass is 9.84. The number of nitrogens with one attached hydrogen (secondary N) is 1. The molecule has 5 nitrogen and oxygen atoms in total. The summed E-state index contributed by atoms with van der Waals surface area (Å²) < 4.78 is 5.40. The van der Waals surface area contributed by atoms with Gasteiger partial charge in [-0.1, -0.05) is 39.5 Å². The molecular formula is C17H29N3O2. The minimum Gasteiger partial charge on any atom is -0.446 e. The zero-order valence-corrected chi connectivity index (χ0v) is 14.0. The summed E-state index contributed by atoms with van der Waals surface area (Å²) in [6.07, 6.45) is 8.61. The first-order chi connectivity index (χ1) is 10.5. The lowest BCUT2D eigenvalue weighted by molar-refractivity contribution is 0.0914. The van der Waals surface area contributed by atoms with Crippen LogP contribution in [-0.2, 0) is 0 Å². The fourth-order valence-electron chi connectivity index (χ4n) is 3.08. The largest absolute Gasteiger partial charge is 0.446 e. The van der Waals surface area contributed by atoms with E-state index in [4.69, 9.17) is 10.2 Å². The van der Waals surface area contributed by atoms with Crippen molar-refractivity contribution in [2.75, 3.05) is 0 Å². The molecule has 1 aromatic rings. The Morgan fingerprint density at radius 3 is 2.73 bits per heavy atom. The normalized spacial score (nSPS) is 20.4.